The van der Waals surface area contributed by atoms with Crippen LogP contribution in [0.25, 0.3) is 11.3 Å². The lowest BCUT2D eigenvalue weighted by atomic mass is 10.1. The minimum atomic E-state index is 0.388. The Bertz CT molecular complexity index is 638. The quantitative estimate of drug-likeness (QED) is 0.914. The van der Waals surface area contributed by atoms with Crippen LogP contribution in [-0.2, 0) is 11.3 Å². The Morgan fingerprint density at radius 1 is 1.33 bits per heavy atom. The first-order valence-corrected chi connectivity index (χ1v) is 7.35. The summed E-state index contributed by atoms with van der Waals surface area (Å²) < 4.78 is 5.82. The highest BCUT2D eigenvalue weighted by Gasteiger charge is 2.15. The van der Waals surface area contributed by atoms with E-state index in [1.165, 1.54) is 25.7 Å². The highest BCUT2D eigenvalue weighted by atomic mass is 16.5. The Morgan fingerprint density at radius 3 is 3.00 bits per heavy atom. The van der Waals surface area contributed by atoms with Gasteiger partial charge in [-0.25, -0.2) is 5.10 Å². The molecule has 1 aliphatic carbocycles. The Labute approximate surface area is 123 Å². The highest BCUT2D eigenvalue weighted by Crippen LogP contribution is 2.25. The number of hydrogen-bond acceptors (Lipinski definition) is 4. The van der Waals surface area contributed by atoms with E-state index in [4.69, 9.17) is 10.00 Å². The van der Waals surface area contributed by atoms with Crippen molar-refractivity contribution in [1.29, 1.82) is 5.26 Å². The van der Waals surface area contributed by atoms with E-state index in [1.54, 1.807) is 0 Å². The maximum absolute atomic E-state index is 9.01. The predicted octanol–water partition coefficient (Wildman–Crippen LogP) is 3.05. The Hall–Kier alpha value is -2.19. The van der Waals surface area contributed by atoms with Crippen LogP contribution in [0.4, 0.5) is 0 Å². The molecule has 1 aliphatic rings. The van der Waals surface area contributed by atoms with Gasteiger partial charge in [0.25, 0.3) is 0 Å². The van der Waals surface area contributed by atoms with Crippen molar-refractivity contribution < 1.29 is 4.74 Å². The van der Waals surface area contributed by atoms with Gasteiger partial charge in [0, 0.05) is 12.2 Å². The van der Waals surface area contributed by atoms with Gasteiger partial charge in [-0.05, 0) is 30.4 Å². The van der Waals surface area contributed by atoms with Crippen molar-refractivity contribution in [3.8, 4) is 17.3 Å². The van der Waals surface area contributed by atoms with Gasteiger partial charge in [-0.3, -0.25) is 0 Å². The summed E-state index contributed by atoms with van der Waals surface area (Å²) in [5, 5.41) is 19.3. The maximum atomic E-state index is 9.01. The molecule has 5 nitrogen and oxygen atoms in total. The van der Waals surface area contributed by atoms with Crippen molar-refractivity contribution in [2.24, 2.45) is 5.92 Å². The van der Waals surface area contributed by atoms with E-state index < -0.39 is 0 Å². The molecule has 1 saturated carbocycles. The molecule has 1 aromatic heterocycles. The number of aromatic nitrogens is 3. The van der Waals surface area contributed by atoms with E-state index in [2.05, 4.69) is 21.5 Å². The fraction of sp³-hybridized carbons (Fsp3) is 0.438. The third kappa shape index (κ3) is 3.29. The number of nitrogens with zero attached hydrogens (tertiary/aromatic N) is 3. The lowest BCUT2D eigenvalue weighted by Crippen LogP contribution is -2.05. The largest absolute Gasteiger partial charge is 0.376 e. The fourth-order valence-electron chi connectivity index (χ4n) is 2.84. The third-order valence-electron chi connectivity index (χ3n) is 3.96. The molecular weight excluding hydrogens is 264 g/mol. The maximum Gasteiger partial charge on any atom is 0.163 e. The number of benzene rings is 1. The Balaban J connectivity index is 1.64. The number of hydrogen-bond donors (Lipinski definition) is 1. The molecule has 1 heterocycles. The number of rotatable bonds is 5. The number of nitrogens with one attached hydrogen (secondary N) is 1. The van der Waals surface area contributed by atoms with Crippen LogP contribution in [0, 0.1) is 17.2 Å². The molecule has 1 fully saturated rings. The molecule has 108 valence electrons. The Morgan fingerprint density at radius 2 is 2.19 bits per heavy atom. The number of H-pyrrole nitrogens is 1. The summed E-state index contributed by atoms with van der Waals surface area (Å²) in [5.74, 6) is 0.730. The van der Waals surface area contributed by atoms with Crippen LogP contribution < -0.4 is 0 Å². The lowest BCUT2D eigenvalue weighted by molar-refractivity contribution is 0.0889. The van der Waals surface area contributed by atoms with Crippen LogP contribution in [0.5, 0.6) is 0 Å². The van der Waals surface area contributed by atoms with E-state index >= 15 is 0 Å². The monoisotopic (exact) mass is 282 g/mol. The zero-order valence-electron chi connectivity index (χ0n) is 11.9. The van der Waals surface area contributed by atoms with Gasteiger partial charge >= 0.3 is 0 Å². The standard InChI is InChI=1S/C16H18N4O/c17-9-15-16(19-20-18-15)14-7-3-6-13(8-14)11-21-10-12-4-1-2-5-12/h3,6-8,12H,1-2,4-5,10-11H2,(H,18,19,20). The highest BCUT2D eigenvalue weighted by molar-refractivity contribution is 5.64. The van der Waals surface area contributed by atoms with Crippen molar-refractivity contribution in [1.82, 2.24) is 15.4 Å². The molecule has 0 atom stereocenters. The molecule has 0 spiro atoms. The van der Waals surface area contributed by atoms with Crippen LogP contribution in [0.1, 0.15) is 36.9 Å². The zero-order chi connectivity index (χ0) is 14.5. The third-order valence-corrected chi connectivity index (χ3v) is 3.96. The molecule has 0 amide bonds. The van der Waals surface area contributed by atoms with Crippen LogP contribution in [0.3, 0.4) is 0 Å². The van der Waals surface area contributed by atoms with Crippen LogP contribution in [0.2, 0.25) is 0 Å². The van der Waals surface area contributed by atoms with Gasteiger partial charge in [0.05, 0.1) is 6.61 Å². The normalized spacial score (nSPS) is 15.2. The van der Waals surface area contributed by atoms with Crippen LogP contribution in [0.15, 0.2) is 24.3 Å². The SMILES string of the molecule is N#Cc1[nH]nnc1-c1cccc(COCC2CCCC2)c1. The van der Waals surface area contributed by atoms with Gasteiger partial charge in [-0.2, -0.15) is 5.26 Å². The molecule has 3 rings (SSSR count). The summed E-state index contributed by atoms with van der Waals surface area (Å²) in [6.07, 6.45) is 5.27. The number of ether oxygens (including phenoxy) is 1. The van der Waals surface area contributed by atoms with E-state index in [0.29, 0.717) is 18.0 Å². The average molecular weight is 282 g/mol. The summed E-state index contributed by atoms with van der Waals surface area (Å²) in [7, 11) is 0. The Kier molecular flexibility index (Phi) is 4.27. The molecule has 5 heteroatoms. The molecule has 2 aromatic rings. The summed E-state index contributed by atoms with van der Waals surface area (Å²) in [6.45, 7) is 1.45. The zero-order valence-corrected chi connectivity index (χ0v) is 11.9. The van der Waals surface area contributed by atoms with Crippen LogP contribution >= 0.6 is 0 Å². The molecule has 1 N–H and O–H groups in total. The van der Waals surface area contributed by atoms with Crippen molar-refractivity contribution in [2.45, 2.75) is 32.3 Å². The summed E-state index contributed by atoms with van der Waals surface area (Å²) in [6, 6.07) is 9.99. The summed E-state index contributed by atoms with van der Waals surface area (Å²) >= 11 is 0. The minimum absolute atomic E-state index is 0.388. The first-order valence-electron chi connectivity index (χ1n) is 7.35. The van der Waals surface area contributed by atoms with Gasteiger partial charge in [-0.15, -0.1) is 5.10 Å². The fourth-order valence-corrected chi connectivity index (χ4v) is 2.84. The molecule has 1 aromatic carbocycles. The molecular formula is C16H18N4O. The van der Waals surface area contributed by atoms with Crippen molar-refractivity contribution in [2.75, 3.05) is 6.61 Å². The topological polar surface area (TPSA) is 74.6 Å². The molecule has 21 heavy (non-hydrogen) atoms. The van der Waals surface area contributed by atoms with E-state index in [1.807, 2.05) is 24.3 Å². The molecule has 0 radical (unpaired) electrons. The van der Waals surface area contributed by atoms with Gasteiger partial charge in [0.2, 0.25) is 0 Å². The second kappa shape index (κ2) is 6.51. The van der Waals surface area contributed by atoms with Gasteiger partial charge in [0.15, 0.2) is 5.69 Å². The van der Waals surface area contributed by atoms with Gasteiger partial charge < -0.3 is 4.74 Å². The summed E-state index contributed by atoms with van der Waals surface area (Å²) in [4.78, 5) is 0. The van der Waals surface area contributed by atoms with E-state index in [0.717, 1.165) is 23.7 Å². The van der Waals surface area contributed by atoms with E-state index in [9.17, 15) is 0 Å². The first kappa shape index (κ1) is 13.8. The smallest absolute Gasteiger partial charge is 0.163 e. The number of aromatic amines is 1. The predicted molar refractivity (Wildman–Crippen MR) is 78.1 cm³/mol. The second-order valence-electron chi connectivity index (χ2n) is 5.51. The molecule has 0 unspecified atom stereocenters. The van der Waals surface area contributed by atoms with Gasteiger partial charge in [0.1, 0.15) is 11.8 Å². The molecule has 0 aliphatic heterocycles. The second-order valence-corrected chi connectivity index (χ2v) is 5.51. The lowest BCUT2D eigenvalue weighted by Gasteiger charge is -2.10. The first-order chi connectivity index (χ1) is 10.4. The van der Waals surface area contributed by atoms with Gasteiger partial charge in [-0.1, -0.05) is 36.3 Å². The molecule has 0 saturated heterocycles. The average Bonchev–Trinajstić information content (AvgIpc) is 3.18. The number of nitriles is 1. The van der Waals surface area contributed by atoms with E-state index in [-0.39, 0.29) is 0 Å². The molecule has 0 bridgehead atoms. The minimum Gasteiger partial charge on any atom is -0.376 e. The summed E-state index contributed by atoms with van der Waals surface area (Å²) in [5.41, 5.74) is 2.97. The van der Waals surface area contributed by atoms with Crippen molar-refractivity contribution in [3.63, 3.8) is 0 Å². The van der Waals surface area contributed by atoms with Crippen molar-refractivity contribution in [3.05, 3.63) is 35.5 Å². The van der Waals surface area contributed by atoms with Crippen LogP contribution in [-0.4, -0.2) is 22.0 Å². The van der Waals surface area contributed by atoms with Crippen molar-refractivity contribution >= 4 is 0 Å².